The van der Waals surface area contributed by atoms with Gasteiger partial charge in [0.15, 0.2) is 5.82 Å². The van der Waals surface area contributed by atoms with Gasteiger partial charge in [-0.1, -0.05) is 0 Å². The van der Waals surface area contributed by atoms with Crippen LogP contribution in [-0.2, 0) is 0 Å². The van der Waals surface area contributed by atoms with Gasteiger partial charge in [-0.15, -0.1) is 10.2 Å². The van der Waals surface area contributed by atoms with Crippen LogP contribution >= 0.6 is 0 Å². The SMILES string of the molecule is COc1ccc([N+](=O)[O-])cc1/C=N/n1c(C)nnc1-n1nc(C)cc1C. The van der Waals surface area contributed by atoms with Crippen molar-refractivity contribution in [3.05, 3.63) is 57.2 Å². The van der Waals surface area contributed by atoms with Crippen LogP contribution in [0.2, 0.25) is 0 Å². The molecule has 26 heavy (non-hydrogen) atoms. The quantitative estimate of drug-likeness (QED) is 0.394. The number of non-ortho nitro benzene ring substituents is 1. The standard InChI is InChI=1S/C16H17N7O3/c1-10-7-11(2)21(20-10)16-19-18-12(3)22(16)17-9-13-8-14(23(24)25)5-6-15(13)26-4/h5-9H,1-4H3/b17-9+. The van der Waals surface area contributed by atoms with Crippen LogP contribution in [0.5, 0.6) is 5.75 Å². The van der Waals surface area contributed by atoms with Crippen molar-refractivity contribution in [3.8, 4) is 11.7 Å². The van der Waals surface area contributed by atoms with Crippen molar-refractivity contribution in [3.63, 3.8) is 0 Å². The Kier molecular flexibility index (Phi) is 4.48. The summed E-state index contributed by atoms with van der Waals surface area (Å²) in [6.45, 7) is 5.54. The molecule has 1 aromatic carbocycles. The van der Waals surface area contributed by atoms with Crippen LogP contribution in [-0.4, -0.2) is 42.9 Å². The van der Waals surface area contributed by atoms with Crippen molar-refractivity contribution in [1.82, 2.24) is 24.7 Å². The second kappa shape index (κ2) is 6.75. The Balaban J connectivity index is 2.05. The Labute approximate surface area is 148 Å². The van der Waals surface area contributed by atoms with E-state index in [4.69, 9.17) is 4.74 Å². The molecule has 0 fully saturated rings. The Morgan fingerprint density at radius 1 is 1.23 bits per heavy atom. The molecule has 0 aliphatic carbocycles. The van der Waals surface area contributed by atoms with Crippen molar-refractivity contribution >= 4 is 11.9 Å². The molecule has 0 aliphatic heterocycles. The van der Waals surface area contributed by atoms with Gasteiger partial charge in [0.1, 0.15) is 5.75 Å². The summed E-state index contributed by atoms with van der Waals surface area (Å²) in [5.41, 5.74) is 2.15. The number of nitro benzene ring substituents is 1. The number of methoxy groups -OCH3 is 1. The molecule has 0 saturated heterocycles. The summed E-state index contributed by atoms with van der Waals surface area (Å²) in [7, 11) is 1.49. The molecule has 2 heterocycles. The third kappa shape index (κ3) is 3.16. The summed E-state index contributed by atoms with van der Waals surface area (Å²) in [6, 6.07) is 6.22. The monoisotopic (exact) mass is 355 g/mol. The highest BCUT2D eigenvalue weighted by Crippen LogP contribution is 2.22. The summed E-state index contributed by atoms with van der Waals surface area (Å²) in [5.74, 6) is 1.44. The second-order valence-corrected chi connectivity index (χ2v) is 5.63. The van der Waals surface area contributed by atoms with Crippen LogP contribution < -0.4 is 4.74 Å². The molecule has 0 spiro atoms. The van der Waals surface area contributed by atoms with Gasteiger partial charge < -0.3 is 4.74 Å². The average Bonchev–Trinajstić information content (AvgIpc) is 3.13. The fourth-order valence-corrected chi connectivity index (χ4v) is 2.50. The van der Waals surface area contributed by atoms with Crippen molar-refractivity contribution in [1.29, 1.82) is 0 Å². The summed E-state index contributed by atoms with van der Waals surface area (Å²) in [6.07, 6.45) is 1.47. The Morgan fingerprint density at radius 3 is 2.62 bits per heavy atom. The van der Waals surface area contributed by atoms with Gasteiger partial charge in [-0.25, -0.2) is 4.68 Å². The lowest BCUT2D eigenvalue weighted by Crippen LogP contribution is -2.08. The highest BCUT2D eigenvalue weighted by molar-refractivity contribution is 5.84. The van der Waals surface area contributed by atoms with Crippen molar-refractivity contribution in [2.45, 2.75) is 20.8 Å². The first kappa shape index (κ1) is 17.3. The van der Waals surface area contributed by atoms with E-state index in [1.54, 1.807) is 11.6 Å². The van der Waals surface area contributed by atoms with Gasteiger partial charge in [-0.2, -0.15) is 14.9 Å². The van der Waals surface area contributed by atoms with Crippen LogP contribution in [0.25, 0.3) is 5.95 Å². The molecule has 0 bridgehead atoms. The molecule has 10 nitrogen and oxygen atoms in total. The summed E-state index contributed by atoms with van der Waals surface area (Å²) >= 11 is 0. The van der Waals surface area contributed by atoms with E-state index in [1.807, 2.05) is 19.9 Å². The van der Waals surface area contributed by atoms with Crippen molar-refractivity contribution in [2.24, 2.45) is 5.10 Å². The van der Waals surface area contributed by atoms with E-state index in [9.17, 15) is 10.1 Å². The molecular weight excluding hydrogens is 338 g/mol. The van der Waals surface area contributed by atoms with Crippen LogP contribution in [0.4, 0.5) is 5.69 Å². The maximum absolute atomic E-state index is 11.0. The predicted octanol–water partition coefficient (Wildman–Crippen LogP) is 2.19. The Bertz CT molecular complexity index is 1000. The zero-order valence-corrected chi connectivity index (χ0v) is 14.7. The molecule has 134 valence electrons. The lowest BCUT2D eigenvalue weighted by molar-refractivity contribution is -0.384. The van der Waals surface area contributed by atoms with Crippen LogP contribution in [0.3, 0.4) is 0 Å². The van der Waals surface area contributed by atoms with Gasteiger partial charge in [0.05, 0.1) is 23.9 Å². The number of ether oxygens (including phenoxy) is 1. The number of rotatable bonds is 5. The number of benzene rings is 1. The molecule has 0 atom stereocenters. The molecule has 0 amide bonds. The van der Waals surface area contributed by atoms with E-state index in [0.717, 1.165) is 11.4 Å². The van der Waals surface area contributed by atoms with Gasteiger partial charge in [0.2, 0.25) is 0 Å². The molecule has 3 rings (SSSR count). The first-order valence-corrected chi connectivity index (χ1v) is 7.73. The van der Waals surface area contributed by atoms with E-state index in [0.29, 0.717) is 23.1 Å². The number of nitrogens with zero attached hydrogens (tertiary/aromatic N) is 7. The first-order chi connectivity index (χ1) is 12.4. The lowest BCUT2D eigenvalue weighted by atomic mass is 10.2. The third-order valence-corrected chi connectivity index (χ3v) is 3.72. The zero-order chi connectivity index (χ0) is 18.8. The van der Waals surface area contributed by atoms with E-state index < -0.39 is 4.92 Å². The van der Waals surface area contributed by atoms with E-state index in [1.165, 1.54) is 36.2 Å². The molecule has 0 radical (unpaired) electrons. The maximum atomic E-state index is 11.0. The van der Waals surface area contributed by atoms with Gasteiger partial charge in [-0.3, -0.25) is 10.1 Å². The molecule has 3 aromatic rings. The number of aryl methyl sites for hydroxylation is 3. The lowest BCUT2D eigenvalue weighted by Gasteiger charge is -2.06. The minimum absolute atomic E-state index is 0.0495. The van der Waals surface area contributed by atoms with Gasteiger partial charge in [0.25, 0.3) is 11.6 Å². The van der Waals surface area contributed by atoms with Gasteiger partial charge in [0, 0.05) is 23.4 Å². The Morgan fingerprint density at radius 2 is 2.00 bits per heavy atom. The van der Waals surface area contributed by atoms with Gasteiger partial charge in [-0.05, 0) is 32.9 Å². The molecule has 0 N–H and O–H groups in total. The topological polar surface area (TPSA) is 113 Å². The van der Waals surface area contributed by atoms with Gasteiger partial charge >= 0.3 is 0 Å². The van der Waals surface area contributed by atoms with Crippen molar-refractivity contribution in [2.75, 3.05) is 7.11 Å². The smallest absolute Gasteiger partial charge is 0.273 e. The molecule has 0 saturated carbocycles. The van der Waals surface area contributed by atoms with Crippen molar-refractivity contribution < 1.29 is 9.66 Å². The van der Waals surface area contributed by atoms with Crippen LogP contribution in [0.1, 0.15) is 22.8 Å². The number of hydrogen-bond donors (Lipinski definition) is 0. The fraction of sp³-hybridized carbons (Fsp3) is 0.250. The summed E-state index contributed by atoms with van der Waals surface area (Å²) < 4.78 is 8.39. The number of aromatic nitrogens is 5. The molecule has 10 heteroatoms. The number of nitro groups is 1. The largest absolute Gasteiger partial charge is 0.496 e. The summed E-state index contributed by atoms with van der Waals surface area (Å²) in [4.78, 5) is 10.5. The van der Waals surface area contributed by atoms with Crippen LogP contribution in [0.15, 0.2) is 29.4 Å². The molecular formula is C16H17N7O3. The molecule has 0 aliphatic rings. The average molecular weight is 355 g/mol. The van der Waals surface area contributed by atoms with E-state index in [2.05, 4.69) is 20.4 Å². The van der Waals surface area contributed by atoms with E-state index in [-0.39, 0.29) is 5.69 Å². The third-order valence-electron chi connectivity index (χ3n) is 3.72. The van der Waals surface area contributed by atoms with Crippen LogP contribution in [0, 0.1) is 30.9 Å². The molecule has 0 unspecified atom stereocenters. The normalized spacial score (nSPS) is 11.2. The minimum atomic E-state index is -0.470. The highest BCUT2D eigenvalue weighted by atomic mass is 16.6. The zero-order valence-electron chi connectivity index (χ0n) is 14.7. The first-order valence-electron chi connectivity index (χ1n) is 7.73. The predicted molar refractivity (Wildman–Crippen MR) is 94.0 cm³/mol. The highest BCUT2D eigenvalue weighted by Gasteiger charge is 2.14. The molecule has 2 aromatic heterocycles. The van der Waals surface area contributed by atoms with E-state index >= 15 is 0 Å². The second-order valence-electron chi connectivity index (χ2n) is 5.63. The maximum Gasteiger partial charge on any atom is 0.273 e. The fourth-order valence-electron chi connectivity index (χ4n) is 2.50. The minimum Gasteiger partial charge on any atom is -0.496 e. The summed E-state index contributed by atoms with van der Waals surface area (Å²) in [5, 5.41) is 27.9. The number of hydrogen-bond acceptors (Lipinski definition) is 7. The Hall–Kier alpha value is -3.56.